The van der Waals surface area contributed by atoms with E-state index in [1.165, 1.54) is 30.4 Å². The Morgan fingerprint density at radius 1 is 1.09 bits per heavy atom. The highest BCUT2D eigenvalue weighted by Crippen LogP contribution is 2.26. The standard InChI is InChI=1S/C18H24N3O/c22-18(15-4-5-16-13-19-7-6-14(16)12-15)21-10-8-20(9-11-21)17-2-1-3-17/h4-5,12,17H,1-3,6-11,13H2. The maximum atomic E-state index is 12.7. The first-order valence-electron chi connectivity index (χ1n) is 8.59. The molecule has 0 N–H and O–H groups in total. The summed E-state index contributed by atoms with van der Waals surface area (Å²) >= 11 is 0. The summed E-state index contributed by atoms with van der Waals surface area (Å²) in [7, 11) is 0. The van der Waals surface area contributed by atoms with E-state index in [1.807, 2.05) is 11.0 Å². The second-order valence-electron chi connectivity index (χ2n) is 6.75. The van der Waals surface area contributed by atoms with Crippen LogP contribution >= 0.6 is 0 Å². The van der Waals surface area contributed by atoms with Crippen LogP contribution < -0.4 is 5.32 Å². The van der Waals surface area contributed by atoms with Gasteiger partial charge in [-0.15, -0.1) is 0 Å². The van der Waals surface area contributed by atoms with E-state index in [0.717, 1.165) is 57.3 Å². The summed E-state index contributed by atoms with van der Waals surface area (Å²) in [6, 6.07) is 6.98. The number of carbonyl (C=O) groups is 1. The Kier molecular flexibility index (Phi) is 3.89. The molecule has 4 heteroatoms. The molecule has 2 aliphatic heterocycles. The quantitative estimate of drug-likeness (QED) is 0.833. The number of rotatable bonds is 2. The molecule has 1 saturated carbocycles. The first-order valence-corrected chi connectivity index (χ1v) is 8.59. The predicted octanol–water partition coefficient (Wildman–Crippen LogP) is 1.66. The SMILES string of the molecule is O=C(c1ccc2c(c1)CC[N]C2)N1CCN(C2CCC2)CC1. The van der Waals surface area contributed by atoms with Gasteiger partial charge in [0.15, 0.2) is 0 Å². The number of carbonyl (C=O) groups excluding carboxylic acids is 1. The third-order valence-corrected chi connectivity index (χ3v) is 5.47. The maximum absolute atomic E-state index is 12.7. The molecule has 2 heterocycles. The van der Waals surface area contributed by atoms with Gasteiger partial charge in [0, 0.05) is 50.9 Å². The number of hydrogen-bond donors (Lipinski definition) is 0. The number of hydrogen-bond acceptors (Lipinski definition) is 2. The lowest BCUT2D eigenvalue weighted by Crippen LogP contribution is -2.53. The number of piperazine rings is 1. The molecule has 0 unspecified atom stereocenters. The van der Waals surface area contributed by atoms with Gasteiger partial charge in [-0.3, -0.25) is 9.69 Å². The highest BCUT2D eigenvalue weighted by Gasteiger charge is 2.29. The van der Waals surface area contributed by atoms with Gasteiger partial charge in [0.1, 0.15) is 0 Å². The zero-order chi connectivity index (χ0) is 14.9. The van der Waals surface area contributed by atoms with E-state index >= 15 is 0 Å². The van der Waals surface area contributed by atoms with Crippen LogP contribution in [0.3, 0.4) is 0 Å². The summed E-state index contributed by atoms with van der Waals surface area (Å²) < 4.78 is 0. The van der Waals surface area contributed by atoms with E-state index in [-0.39, 0.29) is 5.91 Å². The van der Waals surface area contributed by atoms with Crippen molar-refractivity contribution < 1.29 is 4.79 Å². The lowest BCUT2D eigenvalue weighted by atomic mass is 9.91. The smallest absolute Gasteiger partial charge is 0.253 e. The van der Waals surface area contributed by atoms with Gasteiger partial charge in [0.25, 0.3) is 5.91 Å². The molecule has 0 spiro atoms. The highest BCUT2D eigenvalue weighted by atomic mass is 16.2. The van der Waals surface area contributed by atoms with Gasteiger partial charge < -0.3 is 4.90 Å². The van der Waals surface area contributed by atoms with Gasteiger partial charge in [-0.2, -0.15) is 0 Å². The molecule has 1 amide bonds. The van der Waals surface area contributed by atoms with E-state index in [1.54, 1.807) is 0 Å². The van der Waals surface area contributed by atoms with Crippen molar-refractivity contribution in [2.45, 2.75) is 38.3 Å². The number of nitrogens with zero attached hydrogens (tertiary/aromatic N) is 3. The van der Waals surface area contributed by atoms with Gasteiger partial charge in [-0.05, 0) is 42.5 Å². The molecule has 1 aliphatic carbocycles. The summed E-state index contributed by atoms with van der Waals surface area (Å²) in [5, 5.41) is 4.42. The zero-order valence-electron chi connectivity index (χ0n) is 13.1. The van der Waals surface area contributed by atoms with Gasteiger partial charge >= 0.3 is 0 Å². The monoisotopic (exact) mass is 298 g/mol. The molecule has 117 valence electrons. The summed E-state index contributed by atoms with van der Waals surface area (Å²) in [6.07, 6.45) is 5.06. The van der Waals surface area contributed by atoms with Crippen molar-refractivity contribution in [3.63, 3.8) is 0 Å². The normalized spacial score (nSPS) is 23.0. The van der Waals surface area contributed by atoms with Crippen LogP contribution in [0.4, 0.5) is 0 Å². The van der Waals surface area contributed by atoms with E-state index in [2.05, 4.69) is 22.3 Å². The van der Waals surface area contributed by atoms with Crippen molar-refractivity contribution in [2.24, 2.45) is 0 Å². The van der Waals surface area contributed by atoms with E-state index < -0.39 is 0 Å². The van der Waals surface area contributed by atoms with Gasteiger partial charge in [-0.25, -0.2) is 5.32 Å². The Hall–Kier alpha value is -1.39. The fourth-order valence-electron chi connectivity index (χ4n) is 3.77. The van der Waals surface area contributed by atoms with Crippen molar-refractivity contribution in [1.29, 1.82) is 0 Å². The lowest BCUT2D eigenvalue weighted by Gasteiger charge is -2.43. The van der Waals surface area contributed by atoms with Gasteiger partial charge in [-0.1, -0.05) is 12.5 Å². The topological polar surface area (TPSA) is 37.7 Å². The average Bonchev–Trinajstić information content (AvgIpc) is 2.53. The van der Waals surface area contributed by atoms with Crippen molar-refractivity contribution in [3.05, 3.63) is 34.9 Å². The summed E-state index contributed by atoms with van der Waals surface area (Å²) in [4.78, 5) is 17.3. The minimum Gasteiger partial charge on any atom is -0.336 e. The molecular formula is C18H24N3O. The van der Waals surface area contributed by atoms with Crippen molar-refractivity contribution in [3.8, 4) is 0 Å². The number of fused-ring (bicyclic) bond motifs is 1. The number of benzene rings is 1. The minimum absolute atomic E-state index is 0.207. The van der Waals surface area contributed by atoms with Gasteiger partial charge in [0.05, 0.1) is 0 Å². The Labute approximate surface area is 132 Å². The largest absolute Gasteiger partial charge is 0.336 e. The van der Waals surface area contributed by atoms with Crippen LogP contribution in [0.2, 0.25) is 0 Å². The summed E-state index contributed by atoms with van der Waals surface area (Å²) in [6.45, 7) is 5.54. The van der Waals surface area contributed by atoms with Crippen molar-refractivity contribution in [1.82, 2.24) is 15.1 Å². The summed E-state index contributed by atoms with van der Waals surface area (Å²) in [5.74, 6) is 0.207. The van der Waals surface area contributed by atoms with E-state index in [4.69, 9.17) is 0 Å². The Bertz CT molecular complexity index is 559. The fourth-order valence-corrected chi connectivity index (χ4v) is 3.77. The van der Waals surface area contributed by atoms with Crippen LogP contribution in [0, 0.1) is 0 Å². The Morgan fingerprint density at radius 3 is 2.64 bits per heavy atom. The molecule has 4 rings (SSSR count). The minimum atomic E-state index is 0.207. The highest BCUT2D eigenvalue weighted by molar-refractivity contribution is 5.94. The first-order chi connectivity index (χ1) is 10.8. The molecule has 1 aromatic rings. The second kappa shape index (κ2) is 6.01. The molecule has 3 aliphatic rings. The molecule has 1 radical (unpaired) electrons. The van der Waals surface area contributed by atoms with E-state index in [0.29, 0.717) is 0 Å². The van der Waals surface area contributed by atoms with Crippen LogP contribution in [0.25, 0.3) is 0 Å². The molecule has 1 saturated heterocycles. The molecule has 0 bridgehead atoms. The molecule has 0 aromatic heterocycles. The molecule has 1 aromatic carbocycles. The zero-order valence-corrected chi connectivity index (χ0v) is 13.1. The van der Waals surface area contributed by atoms with Crippen LogP contribution in [-0.4, -0.2) is 54.5 Å². The third kappa shape index (κ3) is 2.66. The second-order valence-corrected chi connectivity index (χ2v) is 6.75. The van der Waals surface area contributed by atoms with Gasteiger partial charge in [0.2, 0.25) is 0 Å². The first kappa shape index (κ1) is 14.2. The molecule has 0 atom stereocenters. The van der Waals surface area contributed by atoms with E-state index in [9.17, 15) is 4.79 Å². The Balaban J connectivity index is 1.41. The maximum Gasteiger partial charge on any atom is 0.253 e. The predicted molar refractivity (Wildman–Crippen MR) is 86.0 cm³/mol. The molecule has 22 heavy (non-hydrogen) atoms. The van der Waals surface area contributed by atoms with Crippen LogP contribution in [0.5, 0.6) is 0 Å². The van der Waals surface area contributed by atoms with Crippen LogP contribution in [0.15, 0.2) is 18.2 Å². The Morgan fingerprint density at radius 2 is 1.91 bits per heavy atom. The lowest BCUT2D eigenvalue weighted by molar-refractivity contribution is 0.0455. The molecule has 4 nitrogen and oxygen atoms in total. The summed E-state index contributed by atoms with van der Waals surface area (Å²) in [5.41, 5.74) is 3.46. The van der Waals surface area contributed by atoms with Crippen molar-refractivity contribution >= 4 is 5.91 Å². The molecular weight excluding hydrogens is 274 g/mol. The van der Waals surface area contributed by atoms with Crippen LogP contribution in [-0.2, 0) is 13.0 Å². The third-order valence-electron chi connectivity index (χ3n) is 5.47. The van der Waals surface area contributed by atoms with Crippen LogP contribution in [0.1, 0.15) is 40.7 Å². The van der Waals surface area contributed by atoms with Crippen molar-refractivity contribution in [2.75, 3.05) is 32.7 Å². The fraction of sp³-hybridized carbons (Fsp3) is 0.611. The average molecular weight is 298 g/mol. The molecule has 2 fully saturated rings. The number of amides is 1.